The smallest absolute Gasteiger partial charge is 0.151 e. The van der Waals surface area contributed by atoms with Crippen LogP contribution in [0.3, 0.4) is 0 Å². The van der Waals surface area contributed by atoms with Crippen molar-refractivity contribution in [2.24, 2.45) is 0 Å². The largest absolute Gasteiger partial charge is 0.315 e. The highest BCUT2D eigenvalue weighted by Crippen LogP contribution is 2.23. The highest BCUT2D eigenvalue weighted by atomic mass is 35.5. The number of aromatic nitrogens is 2. The van der Waals surface area contributed by atoms with Crippen LogP contribution in [0.4, 0.5) is 0 Å². The Bertz CT molecular complexity index is 539. The Morgan fingerprint density at radius 3 is 2.47 bits per heavy atom. The second kappa shape index (κ2) is 6.24. The maximum atomic E-state index is 11.7. The van der Waals surface area contributed by atoms with E-state index in [4.69, 9.17) is 11.6 Å². The zero-order chi connectivity index (χ0) is 14.8. The Kier molecular flexibility index (Phi) is 5.41. The van der Waals surface area contributed by atoms with Crippen LogP contribution in [0.15, 0.2) is 0 Å². The Morgan fingerprint density at radius 1 is 1.47 bits per heavy atom. The third kappa shape index (κ3) is 3.70. The molecular formula is C12H22ClN3O2S. The fourth-order valence-electron chi connectivity index (χ4n) is 2.07. The molecule has 0 radical (unpaired) electrons. The van der Waals surface area contributed by atoms with Gasteiger partial charge in [0.25, 0.3) is 0 Å². The maximum Gasteiger partial charge on any atom is 0.151 e. The van der Waals surface area contributed by atoms with E-state index in [2.05, 4.69) is 10.4 Å². The van der Waals surface area contributed by atoms with E-state index in [1.807, 2.05) is 18.5 Å². The van der Waals surface area contributed by atoms with E-state index in [9.17, 15) is 8.42 Å². The Morgan fingerprint density at radius 2 is 2.05 bits per heavy atom. The van der Waals surface area contributed by atoms with Crippen LogP contribution in [-0.2, 0) is 22.8 Å². The molecule has 0 fully saturated rings. The molecule has 0 saturated carbocycles. The third-order valence-corrected chi connectivity index (χ3v) is 5.65. The van der Waals surface area contributed by atoms with E-state index in [1.54, 1.807) is 14.0 Å². The van der Waals surface area contributed by atoms with Gasteiger partial charge < -0.3 is 5.32 Å². The number of aryl methyl sites for hydroxylation is 2. The lowest BCUT2D eigenvalue weighted by Gasteiger charge is -2.22. The van der Waals surface area contributed by atoms with Gasteiger partial charge in [-0.3, -0.25) is 4.68 Å². The minimum Gasteiger partial charge on any atom is -0.315 e. The first-order chi connectivity index (χ1) is 8.72. The number of nitrogens with one attached hydrogen (secondary N) is 1. The molecule has 0 aliphatic carbocycles. The number of likely N-dealkylation sites (N-methyl/N-ethyl adjacent to an activating group) is 1. The molecule has 0 amide bonds. The molecule has 0 saturated heterocycles. The molecule has 19 heavy (non-hydrogen) atoms. The Labute approximate surface area is 120 Å². The lowest BCUT2D eigenvalue weighted by atomic mass is 10.1. The number of hydrogen-bond donors (Lipinski definition) is 1. The van der Waals surface area contributed by atoms with Crippen molar-refractivity contribution in [3.63, 3.8) is 0 Å². The predicted molar refractivity (Wildman–Crippen MR) is 78.5 cm³/mol. The Hall–Kier alpha value is -0.590. The number of rotatable bonds is 6. The van der Waals surface area contributed by atoms with Crippen LogP contribution >= 0.6 is 11.6 Å². The summed E-state index contributed by atoms with van der Waals surface area (Å²) < 4.78 is 25.2. The van der Waals surface area contributed by atoms with Gasteiger partial charge in [-0.2, -0.15) is 5.10 Å². The summed E-state index contributed by atoms with van der Waals surface area (Å²) in [5.41, 5.74) is 1.66. The van der Waals surface area contributed by atoms with Gasteiger partial charge >= 0.3 is 0 Å². The van der Waals surface area contributed by atoms with E-state index in [0.29, 0.717) is 18.0 Å². The topological polar surface area (TPSA) is 64.0 Å². The molecule has 0 bridgehead atoms. The summed E-state index contributed by atoms with van der Waals surface area (Å²) >= 11 is 6.25. The molecule has 0 aromatic carbocycles. The van der Waals surface area contributed by atoms with Gasteiger partial charge in [0.1, 0.15) is 0 Å². The number of hydrogen-bond acceptors (Lipinski definition) is 4. The minimum atomic E-state index is -3.10. The van der Waals surface area contributed by atoms with Crippen LogP contribution in [0.2, 0.25) is 5.02 Å². The molecule has 1 aromatic rings. The van der Waals surface area contributed by atoms with Crippen molar-refractivity contribution >= 4 is 21.4 Å². The molecule has 2 unspecified atom stereocenters. The molecule has 0 aliphatic heterocycles. The van der Waals surface area contributed by atoms with Gasteiger partial charge in [0.05, 0.1) is 21.7 Å². The normalized spacial score (nSPS) is 15.5. The van der Waals surface area contributed by atoms with Crippen LogP contribution in [0, 0.1) is 6.92 Å². The fraction of sp³-hybridized carbons (Fsp3) is 0.750. The molecule has 1 heterocycles. The first-order valence-electron chi connectivity index (χ1n) is 6.30. The summed E-state index contributed by atoms with van der Waals surface area (Å²) in [5.74, 6) is 0. The molecule has 1 rings (SSSR count). The average molecular weight is 308 g/mol. The summed E-state index contributed by atoms with van der Waals surface area (Å²) in [6.07, 6.45) is 1.80. The number of nitrogens with zero attached hydrogens (tertiary/aromatic N) is 2. The van der Waals surface area contributed by atoms with E-state index < -0.39 is 15.1 Å². The number of halogens is 1. The lowest BCUT2D eigenvalue weighted by molar-refractivity contribution is 0.496. The summed E-state index contributed by atoms with van der Waals surface area (Å²) in [6.45, 7) is 6.27. The van der Waals surface area contributed by atoms with Crippen molar-refractivity contribution in [3.8, 4) is 0 Å². The highest BCUT2D eigenvalue weighted by Gasteiger charge is 2.27. The van der Waals surface area contributed by atoms with Crippen molar-refractivity contribution in [1.29, 1.82) is 0 Å². The molecule has 2 atom stereocenters. The average Bonchev–Trinajstić information content (AvgIpc) is 2.60. The molecular weight excluding hydrogens is 286 g/mol. The van der Waals surface area contributed by atoms with Gasteiger partial charge in [0.15, 0.2) is 9.84 Å². The van der Waals surface area contributed by atoms with Gasteiger partial charge in [-0.05, 0) is 27.8 Å². The van der Waals surface area contributed by atoms with Crippen LogP contribution in [0.5, 0.6) is 0 Å². The molecule has 0 spiro atoms. The first kappa shape index (κ1) is 16.5. The monoisotopic (exact) mass is 307 g/mol. The van der Waals surface area contributed by atoms with Gasteiger partial charge in [-0.1, -0.05) is 11.6 Å². The van der Waals surface area contributed by atoms with Crippen LogP contribution in [0.1, 0.15) is 25.2 Å². The lowest BCUT2D eigenvalue weighted by Crippen LogP contribution is -2.42. The second-order valence-electron chi connectivity index (χ2n) is 4.80. The van der Waals surface area contributed by atoms with Crippen LogP contribution in [0.25, 0.3) is 0 Å². The summed E-state index contributed by atoms with van der Waals surface area (Å²) in [5, 5.41) is 7.56. The van der Waals surface area contributed by atoms with Gasteiger partial charge in [0.2, 0.25) is 0 Å². The van der Waals surface area contributed by atoms with E-state index in [-0.39, 0.29) is 6.04 Å². The van der Waals surface area contributed by atoms with Crippen molar-refractivity contribution in [2.75, 3.05) is 13.3 Å². The molecule has 0 aliphatic rings. The minimum absolute atomic E-state index is 0.186. The van der Waals surface area contributed by atoms with E-state index in [1.165, 1.54) is 6.26 Å². The van der Waals surface area contributed by atoms with Crippen LogP contribution in [-0.4, -0.2) is 42.8 Å². The zero-order valence-electron chi connectivity index (χ0n) is 12.1. The van der Waals surface area contributed by atoms with E-state index >= 15 is 0 Å². The van der Waals surface area contributed by atoms with Crippen molar-refractivity contribution in [1.82, 2.24) is 15.1 Å². The number of sulfone groups is 1. The highest BCUT2D eigenvalue weighted by molar-refractivity contribution is 7.91. The molecule has 7 heteroatoms. The predicted octanol–water partition coefficient (Wildman–Crippen LogP) is 1.43. The van der Waals surface area contributed by atoms with Crippen LogP contribution < -0.4 is 5.32 Å². The SMILES string of the molecule is CCn1nc(C)c(Cl)c1CC(NC)C(C)S(C)(=O)=O. The second-order valence-corrected chi connectivity index (χ2v) is 7.58. The molecule has 5 nitrogen and oxygen atoms in total. The maximum absolute atomic E-state index is 11.7. The first-order valence-corrected chi connectivity index (χ1v) is 8.63. The van der Waals surface area contributed by atoms with Gasteiger partial charge in [0, 0.05) is 25.3 Å². The zero-order valence-corrected chi connectivity index (χ0v) is 13.6. The summed E-state index contributed by atoms with van der Waals surface area (Å²) in [6, 6.07) is -0.186. The third-order valence-electron chi connectivity index (χ3n) is 3.48. The Balaban J connectivity index is 3.06. The van der Waals surface area contributed by atoms with Crippen molar-refractivity contribution in [3.05, 3.63) is 16.4 Å². The van der Waals surface area contributed by atoms with E-state index in [0.717, 1.165) is 11.4 Å². The van der Waals surface area contributed by atoms with Crippen molar-refractivity contribution in [2.45, 2.75) is 45.0 Å². The molecule has 1 N–H and O–H groups in total. The van der Waals surface area contributed by atoms with Gasteiger partial charge in [-0.15, -0.1) is 0 Å². The molecule has 110 valence electrons. The van der Waals surface area contributed by atoms with Crippen molar-refractivity contribution < 1.29 is 8.42 Å². The quantitative estimate of drug-likeness (QED) is 0.863. The summed E-state index contributed by atoms with van der Waals surface area (Å²) in [7, 11) is -1.33. The summed E-state index contributed by atoms with van der Waals surface area (Å²) in [4.78, 5) is 0. The molecule has 1 aromatic heterocycles. The van der Waals surface area contributed by atoms with Gasteiger partial charge in [-0.25, -0.2) is 8.42 Å². The fourth-order valence-corrected chi connectivity index (χ4v) is 3.12. The standard InChI is InChI=1S/C12H22ClN3O2S/c1-6-16-11(12(13)8(2)15-16)7-10(14-4)9(3)19(5,17)18/h9-10,14H,6-7H2,1-5H3.